The summed E-state index contributed by atoms with van der Waals surface area (Å²) in [6.45, 7) is 4.54. The Morgan fingerprint density at radius 1 is 1.25 bits per heavy atom. The molecule has 0 aliphatic heterocycles. The highest BCUT2D eigenvalue weighted by molar-refractivity contribution is 5.85. The van der Waals surface area contributed by atoms with E-state index in [1.807, 2.05) is 18.2 Å². The second kappa shape index (κ2) is 11.7. The van der Waals surface area contributed by atoms with Gasteiger partial charge in [-0.05, 0) is 24.5 Å². The quantitative estimate of drug-likeness (QED) is 0.700. The molecule has 2 amide bonds. The number of nitrogens with zero attached hydrogens (tertiary/aromatic N) is 1. The number of amides is 2. The molecule has 0 saturated heterocycles. The van der Waals surface area contributed by atoms with Gasteiger partial charge in [0.05, 0.1) is 6.54 Å². The van der Waals surface area contributed by atoms with Gasteiger partial charge in [-0.1, -0.05) is 32.0 Å². The molecule has 1 unspecified atom stereocenters. The summed E-state index contributed by atoms with van der Waals surface area (Å²) in [5, 5.41) is 2.56. The predicted octanol–water partition coefficient (Wildman–Crippen LogP) is 1.44. The summed E-state index contributed by atoms with van der Waals surface area (Å²) in [6.07, 6.45) is 0.741. The Kier molecular flexibility index (Phi) is 10.8. The van der Waals surface area contributed by atoms with E-state index in [4.69, 9.17) is 10.5 Å². The first-order valence-corrected chi connectivity index (χ1v) is 7.84. The Labute approximate surface area is 150 Å². The average molecular weight is 358 g/mol. The summed E-state index contributed by atoms with van der Waals surface area (Å²) >= 11 is 0. The minimum absolute atomic E-state index is 0. The number of benzene rings is 1. The van der Waals surface area contributed by atoms with Crippen LogP contribution in [0.25, 0.3) is 0 Å². The molecule has 0 saturated carbocycles. The monoisotopic (exact) mass is 357 g/mol. The zero-order valence-electron chi connectivity index (χ0n) is 14.5. The fourth-order valence-electron chi connectivity index (χ4n) is 1.83. The molecule has 0 aliphatic rings. The van der Waals surface area contributed by atoms with E-state index in [1.165, 1.54) is 0 Å². The van der Waals surface area contributed by atoms with Crippen LogP contribution >= 0.6 is 12.4 Å². The number of halogens is 1. The van der Waals surface area contributed by atoms with Gasteiger partial charge >= 0.3 is 0 Å². The normalized spacial score (nSPS) is 11.4. The lowest BCUT2D eigenvalue weighted by Crippen LogP contribution is -2.41. The number of hydrogen-bond acceptors (Lipinski definition) is 4. The van der Waals surface area contributed by atoms with Crippen molar-refractivity contribution < 1.29 is 14.3 Å². The lowest BCUT2D eigenvalue weighted by molar-refractivity contribution is -0.132. The standard InChI is InChI=1S/C17H27N3O3.ClH/c1-13(2)15(18)9-10-20(3)17(22)11-19-16(21)12-23-14-7-5-4-6-8-14;/h4-8,13,15H,9-12,18H2,1-3H3,(H,19,21);1H. The summed E-state index contributed by atoms with van der Waals surface area (Å²) in [4.78, 5) is 25.2. The maximum Gasteiger partial charge on any atom is 0.258 e. The van der Waals surface area contributed by atoms with Gasteiger partial charge in [0.2, 0.25) is 5.91 Å². The molecule has 24 heavy (non-hydrogen) atoms. The molecule has 3 N–H and O–H groups in total. The summed E-state index contributed by atoms with van der Waals surface area (Å²) < 4.78 is 5.31. The second-order valence-corrected chi connectivity index (χ2v) is 5.89. The predicted molar refractivity (Wildman–Crippen MR) is 97.3 cm³/mol. The largest absolute Gasteiger partial charge is 0.484 e. The van der Waals surface area contributed by atoms with Crippen LogP contribution < -0.4 is 15.8 Å². The average Bonchev–Trinajstić information content (AvgIpc) is 2.55. The third-order valence-corrected chi connectivity index (χ3v) is 3.63. The molecule has 136 valence electrons. The van der Waals surface area contributed by atoms with E-state index in [2.05, 4.69) is 19.2 Å². The Bertz CT molecular complexity index is 497. The van der Waals surface area contributed by atoms with Crippen LogP contribution in [0, 0.1) is 5.92 Å². The SMILES string of the molecule is CC(C)C(N)CCN(C)C(=O)CNC(=O)COc1ccccc1.Cl. The number of carbonyl (C=O) groups excluding carboxylic acids is 2. The zero-order chi connectivity index (χ0) is 17.2. The van der Waals surface area contributed by atoms with Gasteiger partial charge in [-0.15, -0.1) is 12.4 Å². The van der Waals surface area contributed by atoms with Crippen molar-refractivity contribution in [1.82, 2.24) is 10.2 Å². The molecule has 6 nitrogen and oxygen atoms in total. The number of rotatable bonds is 9. The maximum absolute atomic E-state index is 11.9. The number of nitrogens with two attached hydrogens (primary N) is 1. The van der Waals surface area contributed by atoms with Gasteiger partial charge in [-0.3, -0.25) is 9.59 Å². The molecule has 0 bridgehead atoms. The topological polar surface area (TPSA) is 84.7 Å². The first-order chi connectivity index (χ1) is 10.9. The van der Waals surface area contributed by atoms with Crippen molar-refractivity contribution in [2.45, 2.75) is 26.3 Å². The first kappa shape index (κ1) is 22.2. The fourth-order valence-corrected chi connectivity index (χ4v) is 1.83. The van der Waals surface area contributed by atoms with Gasteiger partial charge in [0.15, 0.2) is 6.61 Å². The van der Waals surface area contributed by atoms with Crippen LogP contribution in [0.2, 0.25) is 0 Å². The second-order valence-electron chi connectivity index (χ2n) is 5.89. The van der Waals surface area contributed by atoms with Crippen LogP contribution in [0.3, 0.4) is 0 Å². The van der Waals surface area contributed by atoms with Crippen LogP contribution in [0.4, 0.5) is 0 Å². The van der Waals surface area contributed by atoms with Crippen LogP contribution in [0.5, 0.6) is 5.75 Å². The third-order valence-electron chi connectivity index (χ3n) is 3.63. The molecule has 1 rings (SSSR count). The van der Waals surface area contributed by atoms with E-state index in [-0.39, 0.29) is 43.4 Å². The van der Waals surface area contributed by atoms with Crippen molar-refractivity contribution >= 4 is 24.2 Å². The van der Waals surface area contributed by atoms with Crippen LogP contribution in [-0.4, -0.2) is 49.5 Å². The van der Waals surface area contributed by atoms with Gasteiger partial charge in [0.25, 0.3) is 5.91 Å². The minimum atomic E-state index is -0.325. The summed E-state index contributed by atoms with van der Waals surface area (Å²) in [5.41, 5.74) is 5.96. The van der Waals surface area contributed by atoms with E-state index in [9.17, 15) is 9.59 Å². The molecule has 1 aromatic rings. The Morgan fingerprint density at radius 3 is 2.46 bits per heavy atom. The molecular formula is C17H28ClN3O3. The Morgan fingerprint density at radius 2 is 1.88 bits per heavy atom. The van der Waals surface area contributed by atoms with Crippen molar-refractivity contribution in [2.75, 3.05) is 26.7 Å². The maximum atomic E-state index is 11.9. The van der Waals surface area contributed by atoms with Crippen LogP contribution in [0.1, 0.15) is 20.3 Å². The number of nitrogens with one attached hydrogen (secondary N) is 1. The van der Waals surface area contributed by atoms with Crippen molar-refractivity contribution in [3.8, 4) is 5.75 Å². The molecule has 0 fully saturated rings. The molecule has 0 radical (unpaired) electrons. The highest BCUT2D eigenvalue weighted by Gasteiger charge is 2.13. The van der Waals surface area contributed by atoms with E-state index in [0.29, 0.717) is 18.2 Å². The van der Waals surface area contributed by atoms with Crippen molar-refractivity contribution in [2.24, 2.45) is 11.7 Å². The van der Waals surface area contributed by atoms with E-state index in [1.54, 1.807) is 24.1 Å². The Balaban J connectivity index is 0.00000529. The van der Waals surface area contributed by atoms with Crippen molar-refractivity contribution in [3.63, 3.8) is 0 Å². The molecular weight excluding hydrogens is 330 g/mol. The molecule has 1 atom stereocenters. The summed E-state index contributed by atoms with van der Waals surface area (Å²) in [7, 11) is 1.71. The molecule has 0 aromatic heterocycles. The number of hydrogen-bond donors (Lipinski definition) is 2. The molecule has 0 aliphatic carbocycles. The molecule has 0 heterocycles. The zero-order valence-corrected chi connectivity index (χ0v) is 15.3. The van der Waals surface area contributed by atoms with Gasteiger partial charge in [0, 0.05) is 19.6 Å². The highest BCUT2D eigenvalue weighted by atomic mass is 35.5. The van der Waals surface area contributed by atoms with E-state index >= 15 is 0 Å². The third kappa shape index (κ3) is 8.74. The van der Waals surface area contributed by atoms with Gasteiger partial charge in [0.1, 0.15) is 5.75 Å². The summed E-state index contributed by atoms with van der Waals surface area (Å²) in [6, 6.07) is 9.13. The molecule has 0 spiro atoms. The number of likely N-dealkylation sites (N-methyl/N-ethyl adjacent to an activating group) is 1. The van der Waals surface area contributed by atoms with Gasteiger partial charge in [-0.2, -0.15) is 0 Å². The number of carbonyl (C=O) groups is 2. The van der Waals surface area contributed by atoms with Crippen LogP contribution in [-0.2, 0) is 9.59 Å². The van der Waals surface area contributed by atoms with Crippen molar-refractivity contribution in [3.05, 3.63) is 30.3 Å². The van der Waals surface area contributed by atoms with Gasteiger partial charge < -0.3 is 20.7 Å². The van der Waals surface area contributed by atoms with E-state index in [0.717, 1.165) is 6.42 Å². The minimum Gasteiger partial charge on any atom is -0.484 e. The fraction of sp³-hybridized carbons (Fsp3) is 0.529. The smallest absolute Gasteiger partial charge is 0.258 e. The van der Waals surface area contributed by atoms with E-state index < -0.39 is 0 Å². The lowest BCUT2D eigenvalue weighted by Gasteiger charge is -2.21. The molecule has 7 heteroatoms. The highest BCUT2D eigenvalue weighted by Crippen LogP contribution is 2.07. The summed E-state index contributed by atoms with van der Waals surface area (Å²) in [5.74, 6) is 0.533. The van der Waals surface area contributed by atoms with Crippen LogP contribution in [0.15, 0.2) is 30.3 Å². The number of para-hydroxylation sites is 1. The molecule has 1 aromatic carbocycles. The Hall–Kier alpha value is -1.79. The van der Waals surface area contributed by atoms with Crippen molar-refractivity contribution in [1.29, 1.82) is 0 Å². The first-order valence-electron chi connectivity index (χ1n) is 7.84. The number of ether oxygens (including phenoxy) is 1. The van der Waals surface area contributed by atoms with Gasteiger partial charge in [-0.25, -0.2) is 0 Å². The lowest BCUT2D eigenvalue weighted by atomic mass is 10.0.